The Morgan fingerprint density at radius 2 is 2.05 bits per heavy atom. The number of methoxy groups -OCH3 is 1. The highest BCUT2D eigenvalue weighted by Gasteiger charge is 2.29. The molecule has 0 heterocycles. The molecule has 0 aliphatic heterocycles. The van der Waals surface area contributed by atoms with Crippen LogP contribution in [0, 0.1) is 0 Å². The molecule has 8 nitrogen and oxygen atoms in total. The summed E-state index contributed by atoms with van der Waals surface area (Å²) in [4.78, 5) is 21.0. The van der Waals surface area contributed by atoms with Crippen LogP contribution in [0.3, 0.4) is 0 Å². The molecule has 0 saturated carbocycles. The van der Waals surface area contributed by atoms with Gasteiger partial charge in [0, 0.05) is 5.56 Å². The Hall–Kier alpha value is -2.22. The summed E-state index contributed by atoms with van der Waals surface area (Å²) in [5.74, 6) is -1.45. The first-order valence-electron chi connectivity index (χ1n) is 4.79. The number of rotatable bonds is 6. The molecule has 0 aliphatic carbocycles. The molecule has 1 N–H and O–H groups in total. The van der Waals surface area contributed by atoms with E-state index in [0.29, 0.717) is 0 Å². The Morgan fingerprint density at radius 1 is 1.42 bits per heavy atom. The van der Waals surface area contributed by atoms with Crippen molar-refractivity contribution in [2.24, 2.45) is 4.40 Å². The van der Waals surface area contributed by atoms with Crippen LogP contribution in [0.4, 0.5) is 0 Å². The molecule has 19 heavy (non-hydrogen) atoms. The number of aliphatic carboxylic acids is 1. The maximum absolute atomic E-state index is 11.2. The molecule has 1 aromatic carbocycles. The molecule has 0 aliphatic rings. The molecule has 0 amide bonds. The lowest BCUT2D eigenvalue weighted by atomic mass is 10.1. The Balaban J connectivity index is 3.22. The van der Waals surface area contributed by atoms with Crippen molar-refractivity contribution in [3.05, 3.63) is 29.8 Å². The van der Waals surface area contributed by atoms with Crippen molar-refractivity contribution in [2.45, 2.75) is 6.10 Å². The zero-order chi connectivity index (χ0) is 14.5. The summed E-state index contributed by atoms with van der Waals surface area (Å²) in [6, 6.07) is 5.80. The molecule has 1 aromatic rings. The molecule has 0 radical (unpaired) electrons. The lowest BCUT2D eigenvalue weighted by Crippen LogP contribution is -2.19. The van der Waals surface area contributed by atoms with Gasteiger partial charge in [0.2, 0.25) is 6.10 Å². The van der Waals surface area contributed by atoms with Gasteiger partial charge in [0.1, 0.15) is 5.75 Å². The number of para-hydroxylation sites is 1. The third kappa shape index (κ3) is 3.88. The van der Waals surface area contributed by atoms with Crippen molar-refractivity contribution in [2.75, 3.05) is 7.11 Å². The van der Waals surface area contributed by atoms with Gasteiger partial charge in [-0.25, -0.2) is 13.8 Å². The van der Waals surface area contributed by atoms with E-state index in [1.807, 2.05) is 0 Å². The van der Waals surface area contributed by atoms with Crippen LogP contribution in [0.15, 0.2) is 28.7 Å². The van der Waals surface area contributed by atoms with Crippen LogP contribution < -0.4 is 4.74 Å². The van der Waals surface area contributed by atoms with Crippen molar-refractivity contribution < 1.29 is 32.0 Å². The van der Waals surface area contributed by atoms with Gasteiger partial charge in [0.05, 0.1) is 7.11 Å². The van der Waals surface area contributed by atoms with Crippen molar-refractivity contribution in [3.63, 3.8) is 0 Å². The summed E-state index contributed by atoms with van der Waals surface area (Å²) >= 11 is 0. The zero-order valence-electron chi connectivity index (χ0n) is 9.64. The summed E-state index contributed by atoms with van der Waals surface area (Å²) in [6.07, 6.45) is -1.11. The fourth-order valence-corrected chi connectivity index (χ4v) is 1.86. The topological polar surface area (TPSA) is 119 Å². The molecule has 0 bridgehead atoms. The van der Waals surface area contributed by atoms with Crippen LogP contribution in [0.2, 0.25) is 0 Å². The van der Waals surface area contributed by atoms with Crippen molar-refractivity contribution >= 4 is 22.4 Å². The van der Waals surface area contributed by atoms with Crippen LogP contribution in [-0.2, 0) is 24.1 Å². The van der Waals surface area contributed by atoms with Gasteiger partial charge in [0.15, 0.2) is 0 Å². The largest absolute Gasteiger partial charge is 0.496 e. The minimum Gasteiger partial charge on any atom is -0.496 e. The summed E-state index contributed by atoms with van der Waals surface area (Å²) in [7, 11) is -3.40. The van der Waals surface area contributed by atoms with Gasteiger partial charge in [0.25, 0.3) is 6.08 Å². The summed E-state index contributed by atoms with van der Waals surface area (Å²) in [5.41, 5.74) is -0.0258. The number of hydrogen-bond acceptors (Lipinski definition) is 6. The van der Waals surface area contributed by atoms with Crippen LogP contribution in [0.1, 0.15) is 11.7 Å². The van der Waals surface area contributed by atoms with Gasteiger partial charge in [-0.05, 0) is 6.07 Å². The number of hydrogen-bond donors (Lipinski definition) is 1. The Morgan fingerprint density at radius 3 is 2.58 bits per heavy atom. The number of carboxylic acids is 1. The second kappa shape index (κ2) is 6.10. The molecule has 102 valence electrons. The minimum absolute atomic E-state index is 0.0258. The zero-order valence-corrected chi connectivity index (χ0v) is 10.5. The van der Waals surface area contributed by atoms with E-state index in [9.17, 15) is 18.0 Å². The van der Waals surface area contributed by atoms with Crippen LogP contribution >= 0.6 is 0 Å². The summed E-state index contributed by atoms with van der Waals surface area (Å²) < 4.78 is 34.0. The molecule has 1 atom stereocenters. The number of carbonyl (C=O) groups is 1. The normalized spacial score (nSPS) is 12.3. The molecular weight excluding hydrogens is 278 g/mol. The first-order valence-corrected chi connectivity index (χ1v) is 6.16. The lowest BCUT2D eigenvalue weighted by molar-refractivity contribution is -0.145. The number of nitrogens with zero attached hydrogens (tertiary/aromatic N) is 1. The fourth-order valence-electron chi connectivity index (χ4n) is 1.30. The average molecular weight is 287 g/mol. The number of ether oxygens (including phenoxy) is 1. The number of carbonyl (C=O) groups excluding carboxylic acids is 1. The maximum Gasteiger partial charge on any atom is 0.392 e. The van der Waals surface area contributed by atoms with Crippen molar-refractivity contribution in [3.8, 4) is 5.75 Å². The summed E-state index contributed by atoms with van der Waals surface area (Å²) in [6.45, 7) is 0. The van der Waals surface area contributed by atoms with Gasteiger partial charge in [-0.15, -0.1) is 0 Å². The van der Waals surface area contributed by atoms with Crippen molar-refractivity contribution in [1.82, 2.24) is 0 Å². The fraction of sp³-hybridized carbons (Fsp3) is 0.200. The lowest BCUT2D eigenvalue weighted by Gasteiger charge is -2.14. The second-order valence-electron chi connectivity index (χ2n) is 3.17. The van der Waals surface area contributed by atoms with E-state index in [4.69, 9.17) is 9.84 Å². The van der Waals surface area contributed by atoms with E-state index >= 15 is 0 Å². The quantitative estimate of drug-likeness (QED) is 0.594. The van der Waals surface area contributed by atoms with Gasteiger partial charge in [-0.2, -0.15) is 8.42 Å². The van der Waals surface area contributed by atoms with Gasteiger partial charge in [-0.3, -0.25) is 0 Å². The predicted molar refractivity (Wildman–Crippen MR) is 61.5 cm³/mol. The highest BCUT2D eigenvalue weighted by Crippen LogP contribution is 2.29. The first kappa shape index (κ1) is 14.8. The molecule has 1 rings (SSSR count). The average Bonchev–Trinajstić information content (AvgIpc) is 2.35. The molecule has 0 saturated heterocycles. The monoisotopic (exact) mass is 287 g/mol. The van der Waals surface area contributed by atoms with E-state index in [0.717, 1.165) is 6.08 Å². The molecule has 0 fully saturated rings. The van der Waals surface area contributed by atoms with Crippen molar-refractivity contribution in [1.29, 1.82) is 0 Å². The van der Waals surface area contributed by atoms with Gasteiger partial charge in [-0.1, -0.05) is 22.6 Å². The minimum atomic E-state index is -4.68. The van der Waals surface area contributed by atoms with Gasteiger partial charge < -0.3 is 9.84 Å². The molecule has 0 aromatic heterocycles. The van der Waals surface area contributed by atoms with Crippen LogP contribution in [0.5, 0.6) is 5.75 Å². The number of benzene rings is 1. The summed E-state index contributed by atoms with van der Waals surface area (Å²) in [5, 5.41) is 8.99. The molecule has 0 spiro atoms. The Bertz CT molecular complexity index is 619. The van der Waals surface area contributed by atoms with E-state index in [-0.39, 0.29) is 11.3 Å². The van der Waals surface area contributed by atoms with E-state index in [1.54, 1.807) is 6.07 Å². The first-order chi connectivity index (χ1) is 8.91. The van der Waals surface area contributed by atoms with E-state index in [1.165, 1.54) is 25.3 Å². The van der Waals surface area contributed by atoms with E-state index < -0.39 is 22.4 Å². The number of carboxylic acid groups (broad SMARTS) is 1. The molecular formula is C10H9NO7S. The Kier molecular flexibility index (Phi) is 4.76. The predicted octanol–water partition coefficient (Wildman–Crippen LogP) is 0.418. The highest BCUT2D eigenvalue weighted by atomic mass is 32.2. The smallest absolute Gasteiger partial charge is 0.392 e. The molecule has 1 unspecified atom stereocenters. The third-order valence-electron chi connectivity index (χ3n) is 2.01. The Labute approximate surface area is 108 Å². The third-order valence-corrected chi connectivity index (χ3v) is 2.75. The maximum atomic E-state index is 11.2. The van der Waals surface area contributed by atoms with Crippen LogP contribution in [-0.4, -0.2) is 32.7 Å². The van der Waals surface area contributed by atoms with Gasteiger partial charge >= 0.3 is 16.3 Å². The van der Waals surface area contributed by atoms with Crippen LogP contribution in [0.25, 0.3) is 0 Å². The standard InChI is InChI=1S/C10H9NO7S/c1-17-8-5-3-2-4-7(8)9(10(13)14)18-19(15,16)11-6-12/h2-5,9H,1H3,(H,13,14). The highest BCUT2D eigenvalue weighted by molar-refractivity contribution is 7.85. The number of isocyanates is 1. The van der Waals surface area contributed by atoms with E-state index in [2.05, 4.69) is 8.58 Å². The SMILES string of the molecule is COc1ccccc1C(OS(=O)(=O)N=C=O)C(=O)O. The second-order valence-corrected chi connectivity index (χ2v) is 4.40. The molecule has 9 heteroatoms.